The zero-order valence-electron chi connectivity index (χ0n) is 9.54. The molecule has 1 aromatic heterocycles. The highest BCUT2D eigenvalue weighted by Crippen LogP contribution is 2.13. The monoisotopic (exact) mass is 225 g/mol. The van der Waals surface area contributed by atoms with Crippen LogP contribution in [0.5, 0.6) is 5.88 Å². The van der Waals surface area contributed by atoms with Crippen molar-refractivity contribution in [3.63, 3.8) is 0 Å². The topological polar surface area (TPSA) is 75.5 Å². The molecule has 1 unspecified atom stereocenters. The van der Waals surface area contributed by atoms with E-state index in [1.54, 1.807) is 25.1 Å². The molecule has 0 radical (unpaired) electrons. The van der Waals surface area contributed by atoms with Crippen LogP contribution in [0.15, 0.2) is 12.4 Å². The molecule has 0 aromatic carbocycles. The van der Waals surface area contributed by atoms with Gasteiger partial charge in [0.2, 0.25) is 5.88 Å². The highest BCUT2D eigenvalue weighted by Gasteiger charge is 2.15. The molecule has 0 aliphatic heterocycles. The highest BCUT2D eigenvalue weighted by molar-refractivity contribution is 5.70. The zero-order valence-corrected chi connectivity index (χ0v) is 9.54. The van der Waals surface area contributed by atoms with E-state index in [4.69, 9.17) is 9.84 Å². The van der Waals surface area contributed by atoms with E-state index < -0.39 is 11.9 Å². The first-order valence-corrected chi connectivity index (χ1v) is 4.84. The van der Waals surface area contributed by atoms with Gasteiger partial charge in [-0.05, 0) is 0 Å². The maximum Gasteiger partial charge on any atom is 0.308 e. The minimum atomic E-state index is -0.831. The molecule has 0 amide bonds. The summed E-state index contributed by atoms with van der Waals surface area (Å²) in [5, 5.41) is 8.79. The smallest absolute Gasteiger partial charge is 0.308 e. The zero-order chi connectivity index (χ0) is 12.1. The van der Waals surface area contributed by atoms with Crippen LogP contribution in [0.25, 0.3) is 0 Å². The quantitative estimate of drug-likeness (QED) is 0.792. The van der Waals surface area contributed by atoms with Crippen LogP contribution in [0.4, 0.5) is 5.82 Å². The van der Waals surface area contributed by atoms with Gasteiger partial charge in [-0.25, -0.2) is 0 Å². The van der Waals surface area contributed by atoms with Crippen LogP contribution in [0, 0.1) is 5.92 Å². The van der Waals surface area contributed by atoms with Crippen LogP contribution in [-0.2, 0) is 4.79 Å². The Labute approximate surface area is 93.9 Å². The minimum absolute atomic E-state index is 0.372. The Bertz CT molecular complexity index is 370. The number of carboxylic acid groups (broad SMARTS) is 1. The van der Waals surface area contributed by atoms with Crippen molar-refractivity contribution in [1.29, 1.82) is 0 Å². The lowest BCUT2D eigenvalue weighted by atomic mass is 10.2. The van der Waals surface area contributed by atoms with E-state index in [-0.39, 0.29) is 0 Å². The normalized spacial score (nSPS) is 11.9. The summed E-state index contributed by atoms with van der Waals surface area (Å²) in [6.07, 6.45) is 3.06. The van der Waals surface area contributed by atoms with E-state index >= 15 is 0 Å². The van der Waals surface area contributed by atoms with Crippen molar-refractivity contribution in [2.24, 2.45) is 5.92 Å². The Morgan fingerprint density at radius 2 is 2.31 bits per heavy atom. The summed E-state index contributed by atoms with van der Waals surface area (Å²) in [5.41, 5.74) is 0. The van der Waals surface area contributed by atoms with E-state index in [1.165, 1.54) is 13.3 Å². The van der Waals surface area contributed by atoms with Crippen molar-refractivity contribution >= 4 is 11.8 Å². The predicted molar refractivity (Wildman–Crippen MR) is 58.7 cm³/mol. The summed E-state index contributed by atoms with van der Waals surface area (Å²) in [5.74, 6) is -0.291. The van der Waals surface area contributed by atoms with E-state index in [9.17, 15) is 4.79 Å². The molecular weight excluding hydrogens is 210 g/mol. The Kier molecular flexibility index (Phi) is 4.04. The Morgan fingerprint density at radius 1 is 1.62 bits per heavy atom. The van der Waals surface area contributed by atoms with Gasteiger partial charge in [-0.1, -0.05) is 6.92 Å². The van der Waals surface area contributed by atoms with Gasteiger partial charge in [0, 0.05) is 13.6 Å². The van der Waals surface area contributed by atoms with E-state index in [1.807, 2.05) is 0 Å². The molecule has 6 heteroatoms. The molecule has 1 aromatic rings. The molecule has 0 bridgehead atoms. The molecule has 88 valence electrons. The van der Waals surface area contributed by atoms with Crippen LogP contribution in [0.1, 0.15) is 6.92 Å². The van der Waals surface area contributed by atoms with Gasteiger partial charge in [-0.2, -0.15) is 4.98 Å². The molecule has 16 heavy (non-hydrogen) atoms. The lowest BCUT2D eigenvalue weighted by Crippen LogP contribution is -2.29. The van der Waals surface area contributed by atoms with E-state index in [2.05, 4.69) is 9.97 Å². The van der Waals surface area contributed by atoms with Crippen molar-refractivity contribution in [3.05, 3.63) is 12.4 Å². The van der Waals surface area contributed by atoms with Crippen LogP contribution in [-0.4, -0.2) is 41.7 Å². The molecule has 1 rings (SSSR count). The fourth-order valence-corrected chi connectivity index (χ4v) is 1.20. The molecule has 0 fully saturated rings. The Hall–Kier alpha value is -1.85. The Morgan fingerprint density at radius 3 is 2.88 bits per heavy atom. The molecular formula is C10H15N3O3. The van der Waals surface area contributed by atoms with E-state index in [0.29, 0.717) is 18.2 Å². The van der Waals surface area contributed by atoms with Crippen LogP contribution in [0.3, 0.4) is 0 Å². The number of ether oxygens (including phenoxy) is 1. The largest absolute Gasteiger partial charge is 0.481 e. The molecule has 0 saturated heterocycles. The van der Waals surface area contributed by atoms with Gasteiger partial charge in [0.05, 0.1) is 25.4 Å². The molecule has 0 spiro atoms. The van der Waals surface area contributed by atoms with Crippen LogP contribution in [0.2, 0.25) is 0 Å². The van der Waals surface area contributed by atoms with Crippen molar-refractivity contribution < 1.29 is 14.6 Å². The van der Waals surface area contributed by atoms with Crippen LogP contribution >= 0.6 is 0 Å². The number of hydrogen-bond donors (Lipinski definition) is 1. The van der Waals surface area contributed by atoms with Crippen molar-refractivity contribution in [1.82, 2.24) is 9.97 Å². The van der Waals surface area contributed by atoms with Gasteiger partial charge in [0.1, 0.15) is 0 Å². The summed E-state index contributed by atoms with van der Waals surface area (Å²) < 4.78 is 4.94. The summed E-state index contributed by atoms with van der Waals surface area (Å²) in [4.78, 5) is 20.5. The molecule has 6 nitrogen and oxygen atoms in total. The number of aromatic nitrogens is 2. The molecule has 0 aliphatic carbocycles. The first kappa shape index (κ1) is 12.2. The highest BCUT2D eigenvalue weighted by atomic mass is 16.5. The lowest BCUT2D eigenvalue weighted by Gasteiger charge is -2.20. The second-order valence-corrected chi connectivity index (χ2v) is 3.54. The second kappa shape index (κ2) is 5.29. The van der Waals surface area contributed by atoms with Gasteiger partial charge in [-0.15, -0.1) is 0 Å². The van der Waals surface area contributed by atoms with Gasteiger partial charge < -0.3 is 14.7 Å². The maximum absolute atomic E-state index is 10.7. The van der Waals surface area contributed by atoms with Crippen LogP contribution < -0.4 is 9.64 Å². The molecule has 0 saturated carbocycles. The number of nitrogens with zero attached hydrogens (tertiary/aromatic N) is 3. The van der Waals surface area contributed by atoms with E-state index in [0.717, 1.165) is 0 Å². The third-order valence-corrected chi connectivity index (χ3v) is 2.17. The van der Waals surface area contributed by atoms with Crippen molar-refractivity contribution in [3.8, 4) is 5.88 Å². The van der Waals surface area contributed by atoms with Crippen molar-refractivity contribution in [2.75, 3.05) is 25.6 Å². The number of rotatable bonds is 5. The van der Waals surface area contributed by atoms with Gasteiger partial charge in [0.15, 0.2) is 5.82 Å². The number of aliphatic carboxylic acids is 1. The number of carbonyl (C=O) groups is 1. The maximum atomic E-state index is 10.7. The summed E-state index contributed by atoms with van der Waals surface area (Å²) in [6, 6.07) is 0. The van der Waals surface area contributed by atoms with Gasteiger partial charge in [0.25, 0.3) is 0 Å². The lowest BCUT2D eigenvalue weighted by molar-refractivity contribution is -0.140. The number of hydrogen-bond acceptors (Lipinski definition) is 5. The fourth-order valence-electron chi connectivity index (χ4n) is 1.20. The summed E-state index contributed by atoms with van der Waals surface area (Å²) >= 11 is 0. The standard InChI is InChI=1S/C10H15N3O3/c1-7(10(14)15)6-13(2)8-4-11-5-9(12-8)16-3/h4-5,7H,6H2,1-3H3,(H,14,15). The molecule has 1 heterocycles. The van der Waals surface area contributed by atoms with Gasteiger partial charge >= 0.3 is 5.97 Å². The number of methoxy groups -OCH3 is 1. The first-order valence-electron chi connectivity index (χ1n) is 4.84. The molecule has 0 aliphatic rings. The first-order chi connectivity index (χ1) is 7.54. The fraction of sp³-hybridized carbons (Fsp3) is 0.500. The predicted octanol–water partition coefficient (Wildman–Crippen LogP) is 0.642. The average molecular weight is 225 g/mol. The summed E-state index contributed by atoms with van der Waals surface area (Å²) in [6.45, 7) is 2.02. The Balaban J connectivity index is 2.72. The molecule has 1 N–H and O–H groups in total. The molecule has 1 atom stereocenters. The number of anilines is 1. The third-order valence-electron chi connectivity index (χ3n) is 2.17. The second-order valence-electron chi connectivity index (χ2n) is 3.54. The third kappa shape index (κ3) is 3.08. The van der Waals surface area contributed by atoms with Gasteiger partial charge in [-0.3, -0.25) is 9.78 Å². The van der Waals surface area contributed by atoms with Crippen molar-refractivity contribution in [2.45, 2.75) is 6.92 Å². The summed E-state index contributed by atoms with van der Waals surface area (Å²) in [7, 11) is 3.27. The number of carboxylic acids is 1. The average Bonchev–Trinajstić information content (AvgIpc) is 2.28. The SMILES string of the molecule is COc1cncc(N(C)CC(C)C(=O)O)n1. The minimum Gasteiger partial charge on any atom is -0.481 e.